The van der Waals surface area contributed by atoms with Crippen molar-refractivity contribution in [3.63, 3.8) is 0 Å². The average molecular weight is 341 g/mol. The Morgan fingerprint density at radius 1 is 1.32 bits per heavy atom. The summed E-state index contributed by atoms with van der Waals surface area (Å²) in [5.41, 5.74) is 0.902. The van der Waals surface area contributed by atoms with Crippen molar-refractivity contribution in [2.45, 2.75) is 25.4 Å². The summed E-state index contributed by atoms with van der Waals surface area (Å²) >= 11 is 0. The average Bonchev–Trinajstić information content (AvgIpc) is 3.25. The highest BCUT2D eigenvalue weighted by Crippen LogP contribution is 2.23. The fourth-order valence-corrected chi connectivity index (χ4v) is 3.17. The van der Waals surface area contributed by atoms with E-state index in [1.165, 1.54) is 0 Å². The van der Waals surface area contributed by atoms with Crippen LogP contribution >= 0.6 is 0 Å². The van der Waals surface area contributed by atoms with Crippen LogP contribution in [0.5, 0.6) is 0 Å². The third-order valence-corrected chi connectivity index (χ3v) is 4.52. The van der Waals surface area contributed by atoms with Crippen LogP contribution in [0.15, 0.2) is 53.1 Å². The number of anilines is 1. The van der Waals surface area contributed by atoms with Gasteiger partial charge in [0.05, 0.1) is 24.9 Å². The molecule has 6 heteroatoms. The summed E-state index contributed by atoms with van der Waals surface area (Å²) in [6, 6.07) is 12.8. The van der Waals surface area contributed by atoms with E-state index >= 15 is 0 Å². The number of rotatable bonds is 6. The van der Waals surface area contributed by atoms with E-state index in [0.29, 0.717) is 18.7 Å². The van der Waals surface area contributed by atoms with Crippen molar-refractivity contribution in [2.24, 2.45) is 0 Å². The van der Waals surface area contributed by atoms with Gasteiger partial charge in [0.25, 0.3) is 0 Å². The molecule has 2 heterocycles. The summed E-state index contributed by atoms with van der Waals surface area (Å²) in [5.74, 6) is 0.626. The zero-order chi connectivity index (χ0) is 17.8. The molecule has 0 spiro atoms. The number of para-hydroxylation sites is 1. The van der Waals surface area contributed by atoms with Crippen LogP contribution in [0.25, 0.3) is 0 Å². The lowest BCUT2D eigenvalue weighted by Gasteiger charge is -2.24. The Balaban J connectivity index is 1.55. The molecule has 2 amide bonds. The van der Waals surface area contributed by atoms with E-state index in [9.17, 15) is 9.59 Å². The van der Waals surface area contributed by atoms with E-state index in [0.717, 1.165) is 5.69 Å². The second-order valence-electron chi connectivity index (χ2n) is 6.35. The first-order valence-electron chi connectivity index (χ1n) is 8.45. The number of carbonyl (C=O) groups is 2. The quantitative estimate of drug-likeness (QED) is 0.875. The molecule has 1 aromatic carbocycles. The van der Waals surface area contributed by atoms with Crippen LogP contribution in [0.1, 0.15) is 25.1 Å². The lowest BCUT2D eigenvalue weighted by Crippen LogP contribution is -2.45. The number of hydrogen-bond donors (Lipinski definition) is 1. The van der Waals surface area contributed by atoms with Gasteiger partial charge in [-0.15, -0.1) is 0 Å². The van der Waals surface area contributed by atoms with Crippen molar-refractivity contribution in [3.8, 4) is 0 Å². The molecular formula is C19H23N3O3. The van der Waals surface area contributed by atoms with Crippen LogP contribution in [0.2, 0.25) is 0 Å². The normalized spacial score (nSPS) is 18.6. The monoisotopic (exact) mass is 341 g/mol. The molecule has 0 radical (unpaired) electrons. The summed E-state index contributed by atoms with van der Waals surface area (Å²) < 4.78 is 5.29. The molecule has 1 aromatic heterocycles. The lowest BCUT2D eigenvalue weighted by molar-refractivity contribution is -0.125. The maximum absolute atomic E-state index is 12.7. The zero-order valence-corrected chi connectivity index (χ0v) is 14.5. The molecule has 1 aliphatic heterocycles. The molecule has 1 aliphatic rings. The van der Waals surface area contributed by atoms with Gasteiger partial charge in [-0.1, -0.05) is 18.2 Å². The fourth-order valence-electron chi connectivity index (χ4n) is 3.17. The van der Waals surface area contributed by atoms with Crippen molar-refractivity contribution >= 4 is 17.5 Å². The van der Waals surface area contributed by atoms with E-state index in [1.54, 1.807) is 17.2 Å². The minimum atomic E-state index is -0.273. The highest BCUT2D eigenvalue weighted by Gasteiger charge is 2.35. The van der Waals surface area contributed by atoms with Gasteiger partial charge in [-0.2, -0.15) is 0 Å². The Labute approximate surface area is 147 Å². The van der Waals surface area contributed by atoms with Crippen LogP contribution in [-0.2, 0) is 9.59 Å². The predicted molar refractivity (Wildman–Crippen MR) is 95.1 cm³/mol. The SMILES string of the molecule is CC(NC(=O)CN(C)C1CCN(c2ccccc2)C1=O)c1ccco1. The third kappa shape index (κ3) is 3.91. The van der Waals surface area contributed by atoms with Crippen molar-refractivity contribution in [1.29, 1.82) is 0 Å². The van der Waals surface area contributed by atoms with Gasteiger partial charge >= 0.3 is 0 Å². The molecule has 0 aliphatic carbocycles. The van der Waals surface area contributed by atoms with Crippen molar-refractivity contribution < 1.29 is 14.0 Å². The van der Waals surface area contributed by atoms with Gasteiger partial charge in [-0.3, -0.25) is 14.5 Å². The van der Waals surface area contributed by atoms with Gasteiger partial charge < -0.3 is 14.6 Å². The van der Waals surface area contributed by atoms with Crippen LogP contribution in [0, 0.1) is 0 Å². The number of nitrogens with one attached hydrogen (secondary N) is 1. The second-order valence-corrected chi connectivity index (χ2v) is 6.35. The number of likely N-dealkylation sites (N-methyl/N-ethyl adjacent to an activating group) is 1. The fraction of sp³-hybridized carbons (Fsp3) is 0.368. The topological polar surface area (TPSA) is 65.8 Å². The molecule has 3 rings (SSSR count). The minimum Gasteiger partial charge on any atom is -0.467 e. The summed E-state index contributed by atoms with van der Waals surface area (Å²) in [6.45, 7) is 2.71. The summed E-state index contributed by atoms with van der Waals surface area (Å²) in [7, 11) is 1.81. The summed E-state index contributed by atoms with van der Waals surface area (Å²) in [4.78, 5) is 28.5. The van der Waals surface area contributed by atoms with Crippen LogP contribution in [0.4, 0.5) is 5.69 Å². The largest absolute Gasteiger partial charge is 0.467 e. The number of benzene rings is 1. The van der Waals surface area contributed by atoms with Gasteiger partial charge in [-0.05, 0) is 44.7 Å². The molecule has 2 unspecified atom stereocenters. The van der Waals surface area contributed by atoms with Crippen LogP contribution in [0.3, 0.4) is 0 Å². The van der Waals surface area contributed by atoms with Crippen LogP contribution in [-0.4, -0.2) is 42.9 Å². The molecule has 132 valence electrons. The van der Waals surface area contributed by atoms with Gasteiger partial charge in [0.1, 0.15) is 5.76 Å². The summed E-state index contributed by atoms with van der Waals surface area (Å²) in [6.07, 6.45) is 2.30. The molecule has 1 saturated heterocycles. The first-order chi connectivity index (χ1) is 12.1. The molecule has 0 bridgehead atoms. The third-order valence-electron chi connectivity index (χ3n) is 4.52. The summed E-state index contributed by atoms with van der Waals surface area (Å²) in [5, 5.41) is 2.90. The number of amides is 2. The van der Waals surface area contributed by atoms with Gasteiger partial charge in [0.2, 0.25) is 11.8 Å². The van der Waals surface area contributed by atoms with E-state index in [4.69, 9.17) is 4.42 Å². The molecule has 25 heavy (non-hydrogen) atoms. The molecule has 1 N–H and O–H groups in total. The number of carbonyl (C=O) groups excluding carboxylic acids is 2. The van der Waals surface area contributed by atoms with Crippen molar-refractivity contribution in [2.75, 3.05) is 25.0 Å². The predicted octanol–water partition coefficient (Wildman–Crippen LogP) is 2.19. The Morgan fingerprint density at radius 2 is 2.08 bits per heavy atom. The molecule has 2 atom stereocenters. The van der Waals surface area contributed by atoms with E-state index in [2.05, 4.69) is 5.32 Å². The number of furan rings is 1. The maximum atomic E-state index is 12.7. The highest BCUT2D eigenvalue weighted by atomic mass is 16.3. The van der Waals surface area contributed by atoms with E-state index in [-0.39, 0.29) is 30.4 Å². The van der Waals surface area contributed by atoms with E-state index in [1.807, 2.05) is 55.3 Å². The van der Waals surface area contributed by atoms with Gasteiger partial charge in [-0.25, -0.2) is 0 Å². The van der Waals surface area contributed by atoms with Crippen molar-refractivity contribution in [3.05, 3.63) is 54.5 Å². The first-order valence-corrected chi connectivity index (χ1v) is 8.45. The maximum Gasteiger partial charge on any atom is 0.244 e. The Bertz CT molecular complexity index is 715. The van der Waals surface area contributed by atoms with Crippen molar-refractivity contribution in [1.82, 2.24) is 10.2 Å². The molecule has 1 fully saturated rings. The second kappa shape index (κ2) is 7.53. The molecular weight excluding hydrogens is 318 g/mol. The van der Waals surface area contributed by atoms with Gasteiger partial charge in [0.15, 0.2) is 0 Å². The highest BCUT2D eigenvalue weighted by molar-refractivity contribution is 5.99. The standard InChI is InChI=1S/C19H23N3O3/c1-14(17-9-6-12-25-17)20-18(23)13-21(2)16-10-11-22(19(16)24)15-7-4-3-5-8-15/h3-9,12,14,16H,10-11,13H2,1-2H3,(H,20,23). The smallest absolute Gasteiger partial charge is 0.244 e. The minimum absolute atomic E-state index is 0.0422. The van der Waals surface area contributed by atoms with Gasteiger partial charge in [0, 0.05) is 12.2 Å². The number of nitrogens with zero attached hydrogens (tertiary/aromatic N) is 2. The molecule has 0 saturated carbocycles. The molecule has 6 nitrogen and oxygen atoms in total. The zero-order valence-electron chi connectivity index (χ0n) is 14.5. The first kappa shape index (κ1) is 17.2. The Morgan fingerprint density at radius 3 is 2.76 bits per heavy atom. The Hall–Kier alpha value is -2.60. The van der Waals surface area contributed by atoms with Crippen LogP contribution < -0.4 is 10.2 Å². The Kier molecular flexibility index (Phi) is 5.19. The molecule has 2 aromatic rings. The number of hydrogen-bond acceptors (Lipinski definition) is 4. The van der Waals surface area contributed by atoms with E-state index < -0.39 is 0 Å². The lowest BCUT2D eigenvalue weighted by atomic mass is 10.2.